The molecular weight excluding hydrogens is 260 g/mol. The van der Waals surface area contributed by atoms with Crippen molar-refractivity contribution in [3.8, 4) is 16.9 Å². The number of hydrogen-bond donors (Lipinski definition) is 1. The quantitative estimate of drug-likeness (QED) is 0.935. The highest BCUT2D eigenvalue weighted by molar-refractivity contribution is 5.63. The predicted molar refractivity (Wildman–Crippen MR) is 83.3 cm³/mol. The molecule has 2 aliphatic heterocycles. The van der Waals surface area contributed by atoms with Crippen LogP contribution in [-0.2, 0) is 0 Å². The number of aromatic nitrogens is 1. The van der Waals surface area contributed by atoms with Crippen LogP contribution in [0.15, 0.2) is 48.8 Å². The molecule has 4 rings (SSSR count). The molecule has 2 aliphatic rings. The Labute approximate surface area is 125 Å². The number of nitrogens with one attached hydrogen (secondary N) is 1. The second-order valence-electron chi connectivity index (χ2n) is 6.12. The van der Waals surface area contributed by atoms with Gasteiger partial charge >= 0.3 is 0 Å². The lowest BCUT2D eigenvalue weighted by molar-refractivity contribution is 0.137. The maximum atomic E-state index is 6.20. The smallest absolute Gasteiger partial charge is 0.138 e. The Hall–Kier alpha value is -1.87. The molecule has 1 aromatic carbocycles. The van der Waals surface area contributed by atoms with E-state index in [-0.39, 0.29) is 0 Å². The van der Waals surface area contributed by atoms with Crippen LogP contribution >= 0.6 is 0 Å². The first kappa shape index (κ1) is 12.8. The molecule has 0 aliphatic carbocycles. The summed E-state index contributed by atoms with van der Waals surface area (Å²) in [5.74, 6) is 0.891. The highest BCUT2D eigenvalue weighted by atomic mass is 16.5. The highest BCUT2D eigenvalue weighted by Gasteiger charge is 2.34. The van der Waals surface area contributed by atoms with Crippen molar-refractivity contribution in [3.05, 3.63) is 48.8 Å². The first-order valence-corrected chi connectivity index (χ1v) is 7.80. The molecule has 2 saturated heterocycles. The normalized spacial score (nSPS) is 27.5. The second kappa shape index (κ2) is 5.49. The van der Waals surface area contributed by atoms with Crippen LogP contribution in [0, 0.1) is 0 Å². The lowest BCUT2D eigenvalue weighted by atomic mass is 10.0. The fourth-order valence-corrected chi connectivity index (χ4v) is 3.57. The van der Waals surface area contributed by atoms with Crippen molar-refractivity contribution in [2.24, 2.45) is 0 Å². The van der Waals surface area contributed by atoms with Crippen LogP contribution in [0.4, 0.5) is 0 Å². The standard InChI is InChI=1S/C18H20N2O/c1-2-4-13(5-3-1)14-8-18(12-19-11-14)21-17-9-15-6-7-16(10-17)20-15/h1-5,8,11-12,15-17,20H,6-7,9-10H2. The molecule has 1 aromatic heterocycles. The van der Waals surface area contributed by atoms with E-state index in [4.69, 9.17) is 4.74 Å². The monoisotopic (exact) mass is 280 g/mol. The fraction of sp³-hybridized carbons (Fsp3) is 0.389. The van der Waals surface area contributed by atoms with Gasteiger partial charge in [0.25, 0.3) is 0 Å². The molecule has 0 radical (unpaired) electrons. The lowest BCUT2D eigenvalue weighted by Gasteiger charge is -2.29. The zero-order chi connectivity index (χ0) is 14.1. The summed E-state index contributed by atoms with van der Waals surface area (Å²) < 4.78 is 6.20. The minimum absolute atomic E-state index is 0.330. The van der Waals surface area contributed by atoms with Gasteiger partial charge in [-0.05, 0) is 37.3 Å². The van der Waals surface area contributed by atoms with Crippen molar-refractivity contribution in [1.82, 2.24) is 10.3 Å². The van der Waals surface area contributed by atoms with Crippen molar-refractivity contribution in [3.63, 3.8) is 0 Å². The molecular formula is C18H20N2O. The summed E-state index contributed by atoms with van der Waals surface area (Å²) in [6, 6.07) is 13.7. The molecule has 2 bridgehead atoms. The molecule has 1 N–H and O–H groups in total. The maximum Gasteiger partial charge on any atom is 0.138 e. The minimum atomic E-state index is 0.330. The first-order valence-electron chi connectivity index (χ1n) is 7.80. The third-order valence-electron chi connectivity index (χ3n) is 4.55. The van der Waals surface area contributed by atoms with Gasteiger partial charge in [-0.15, -0.1) is 0 Å². The Kier molecular flexibility index (Phi) is 3.36. The molecule has 21 heavy (non-hydrogen) atoms. The van der Waals surface area contributed by atoms with Crippen molar-refractivity contribution in [2.45, 2.75) is 43.9 Å². The number of ether oxygens (including phenoxy) is 1. The van der Waals surface area contributed by atoms with Crippen LogP contribution in [0.2, 0.25) is 0 Å². The summed E-state index contributed by atoms with van der Waals surface area (Å²) in [5.41, 5.74) is 2.30. The molecule has 108 valence electrons. The van der Waals surface area contributed by atoms with Crippen molar-refractivity contribution in [1.29, 1.82) is 0 Å². The molecule has 2 fully saturated rings. The molecule has 2 atom stereocenters. The van der Waals surface area contributed by atoms with E-state index in [0.29, 0.717) is 18.2 Å². The summed E-state index contributed by atoms with van der Waals surface area (Å²) in [6.45, 7) is 0. The van der Waals surface area contributed by atoms with Gasteiger partial charge in [0.05, 0.1) is 6.20 Å². The van der Waals surface area contributed by atoms with Crippen LogP contribution in [0.5, 0.6) is 5.75 Å². The first-order chi connectivity index (χ1) is 10.4. The molecule has 0 saturated carbocycles. The van der Waals surface area contributed by atoms with Crippen LogP contribution in [0.25, 0.3) is 11.1 Å². The van der Waals surface area contributed by atoms with Gasteiger partial charge in [0.15, 0.2) is 0 Å². The topological polar surface area (TPSA) is 34.1 Å². The number of rotatable bonds is 3. The Morgan fingerprint density at radius 3 is 2.48 bits per heavy atom. The van der Waals surface area contributed by atoms with Crippen molar-refractivity contribution >= 4 is 0 Å². The van der Waals surface area contributed by atoms with E-state index < -0.39 is 0 Å². The maximum absolute atomic E-state index is 6.20. The van der Waals surface area contributed by atoms with Gasteiger partial charge in [-0.25, -0.2) is 0 Å². The van der Waals surface area contributed by atoms with E-state index in [0.717, 1.165) is 24.2 Å². The predicted octanol–water partition coefficient (Wildman–Crippen LogP) is 3.41. The zero-order valence-corrected chi connectivity index (χ0v) is 12.0. The average Bonchev–Trinajstić information content (AvgIpc) is 2.87. The summed E-state index contributed by atoms with van der Waals surface area (Å²) >= 11 is 0. The second-order valence-corrected chi connectivity index (χ2v) is 6.12. The number of fused-ring (bicyclic) bond motifs is 2. The van der Waals surface area contributed by atoms with E-state index in [1.807, 2.05) is 30.6 Å². The molecule has 3 heterocycles. The molecule has 2 aromatic rings. The van der Waals surface area contributed by atoms with Crippen LogP contribution < -0.4 is 10.1 Å². The number of nitrogens with zero attached hydrogens (tertiary/aromatic N) is 1. The van der Waals surface area contributed by atoms with E-state index in [1.165, 1.54) is 18.4 Å². The van der Waals surface area contributed by atoms with Gasteiger partial charge in [0.2, 0.25) is 0 Å². The van der Waals surface area contributed by atoms with Crippen molar-refractivity contribution < 1.29 is 4.74 Å². The summed E-state index contributed by atoms with van der Waals surface area (Å²) in [5, 5.41) is 3.65. The Morgan fingerprint density at radius 1 is 0.952 bits per heavy atom. The molecule has 0 spiro atoms. The lowest BCUT2D eigenvalue weighted by Crippen LogP contribution is -2.42. The van der Waals surface area contributed by atoms with Gasteiger partial charge in [-0.3, -0.25) is 4.98 Å². The van der Waals surface area contributed by atoms with Crippen molar-refractivity contribution in [2.75, 3.05) is 0 Å². The van der Waals surface area contributed by atoms with Gasteiger partial charge < -0.3 is 10.1 Å². The number of pyridine rings is 1. The summed E-state index contributed by atoms with van der Waals surface area (Å²) in [7, 11) is 0. The van der Waals surface area contributed by atoms with E-state index in [1.54, 1.807) is 0 Å². The largest absolute Gasteiger partial charge is 0.489 e. The van der Waals surface area contributed by atoms with Crippen LogP contribution in [-0.4, -0.2) is 23.2 Å². The van der Waals surface area contributed by atoms with Gasteiger partial charge in [-0.2, -0.15) is 0 Å². The SMILES string of the molecule is c1ccc(-c2cncc(OC3CC4CCC(C3)N4)c2)cc1. The van der Waals surface area contributed by atoms with Crippen LogP contribution in [0.1, 0.15) is 25.7 Å². The molecule has 0 amide bonds. The van der Waals surface area contributed by atoms with E-state index >= 15 is 0 Å². The third-order valence-corrected chi connectivity index (χ3v) is 4.55. The van der Waals surface area contributed by atoms with E-state index in [9.17, 15) is 0 Å². The Morgan fingerprint density at radius 2 is 1.71 bits per heavy atom. The van der Waals surface area contributed by atoms with Crippen LogP contribution in [0.3, 0.4) is 0 Å². The van der Waals surface area contributed by atoms with E-state index in [2.05, 4.69) is 28.5 Å². The third kappa shape index (κ3) is 2.79. The van der Waals surface area contributed by atoms with Gasteiger partial charge in [0.1, 0.15) is 11.9 Å². The van der Waals surface area contributed by atoms with Gasteiger partial charge in [0, 0.05) is 23.8 Å². The molecule has 2 unspecified atom stereocenters. The Bertz CT molecular complexity index is 602. The average molecular weight is 280 g/mol. The summed E-state index contributed by atoms with van der Waals surface area (Å²) in [6.07, 6.45) is 8.89. The highest BCUT2D eigenvalue weighted by Crippen LogP contribution is 2.30. The van der Waals surface area contributed by atoms with Gasteiger partial charge in [-0.1, -0.05) is 30.3 Å². The minimum Gasteiger partial charge on any atom is -0.489 e. The number of piperidine rings is 1. The number of hydrogen-bond acceptors (Lipinski definition) is 3. The molecule has 3 heteroatoms. The zero-order valence-electron chi connectivity index (χ0n) is 12.0. The summed E-state index contributed by atoms with van der Waals surface area (Å²) in [4.78, 5) is 4.34. The number of benzene rings is 1. The fourth-order valence-electron chi connectivity index (χ4n) is 3.57. The Balaban J connectivity index is 1.51. The molecule has 3 nitrogen and oxygen atoms in total.